The monoisotopic (exact) mass is 372 g/mol. The highest BCUT2D eigenvalue weighted by Crippen LogP contribution is 2.26. The highest BCUT2D eigenvalue weighted by Gasteiger charge is 2.23. The molecule has 3 aromatic rings. The van der Waals surface area contributed by atoms with Crippen molar-refractivity contribution in [2.45, 2.75) is 25.4 Å². The molecule has 140 valence electrons. The minimum Gasteiger partial charge on any atom is -0.478 e. The van der Waals surface area contributed by atoms with Crippen molar-refractivity contribution in [1.29, 1.82) is 0 Å². The van der Waals surface area contributed by atoms with Gasteiger partial charge in [0.15, 0.2) is 0 Å². The summed E-state index contributed by atoms with van der Waals surface area (Å²) in [5, 5.41) is 9.36. The van der Waals surface area contributed by atoms with Crippen molar-refractivity contribution >= 4 is 11.9 Å². The van der Waals surface area contributed by atoms with E-state index in [0.29, 0.717) is 6.42 Å². The molecule has 1 N–H and O–H groups in total. The summed E-state index contributed by atoms with van der Waals surface area (Å²) >= 11 is 0. The predicted molar refractivity (Wildman–Crippen MR) is 106 cm³/mol. The number of carbonyl (C=O) groups excluding carboxylic acids is 1. The van der Waals surface area contributed by atoms with Crippen molar-refractivity contribution in [2.75, 3.05) is 0 Å². The van der Waals surface area contributed by atoms with Crippen LogP contribution in [0.3, 0.4) is 0 Å². The molecule has 0 amide bonds. The Bertz CT molecular complexity index is 1000. The van der Waals surface area contributed by atoms with Gasteiger partial charge in [-0.1, -0.05) is 60.7 Å². The van der Waals surface area contributed by atoms with Crippen LogP contribution in [0.5, 0.6) is 0 Å². The lowest BCUT2D eigenvalue weighted by atomic mass is 9.95. The summed E-state index contributed by atoms with van der Waals surface area (Å²) < 4.78 is 5.80. The molecule has 4 aliphatic carbocycles. The summed E-state index contributed by atoms with van der Waals surface area (Å²) in [5.41, 5.74) is 4.48. The summed E-state index contributed by atoms with van der Waals surface area (Å²) in [7, 11) is 0. The van der Waals surface area contributed by atoms with Crippen LogP contribution < -0.4 is 0 Å². The second-order valence-corrected chi connectivity index (χ2v) is 7.01. The Morgan fingerprint density at radius 1 is 0.750 bits per heavy atom. The average Bonchev–Trinajstić information content (AvgIpc) is 2.71. The first kappa shape index (κ1) is 18.0. The fourth-order valence-corrected chi connectivity index (χ4v) is 3.51. The van der Waals surface area contributed by atoms with Gasteiger partial charge in [-0.3, -0.25) is 0 Å². The Labute approximate surface area is 163 Å². The lowest BCUT2D eigenvalue weighted by Gasteiger charge is -2.20. The number of aryl methyl sites for hydroxylation is 2. The van der Waals surface area contributed by atoms with Gasteiger partial charge < -0.3 is 9.84 Å². The molecule has 0 spiro atoms. The number of benzene rings is 3. The van der Waals surface area contributed by atoms with Crippen molar-refractivity contribution in [2.24, 2.45) is 0 Å². The van der Waals surface area contributed by atoms with E-state index in [1.165, 1.54) is 23.3 Å². The molecular weight excluding hydrogens is 352 g/mol. The van der Waals surface area contributed by atoms with Crippen LogP contribution >= 0.6 is 0 Å². The summed E-state index contributed by atoms with van der Waals surface area (Å²) in [6, 6.07) is 22.6. The van der Waals surface area contributed by atoms with E-state index in [2.05, 4.69) is 36.4 Å². The van der Waals surface area contributed by atoms with Crippen molar-refractivity contribution in [3.8, 4) is 0 Å². The van der Waals surface area contributed by atoms with Crippen LogP contribution in [-0.4, -0.2) is 17.0 Å². The van der Waals surface area contributed by atoms with Gasteiger partial charge in [0.1, 0.15) is 6.10 Å². The van der Waals surface area contributed by atoms with E-state index >= 15 is 0 Å². The third kappa shape index (κ3) is 3.81. The number of carboxylic acid groups (broad SMARTS) is 1. The average molecular weight is 372 g/mol. The van der Waals surface area contributed by atoms with Crippen molar-refractivity contribution in [3.05, 3.63) is 106 Å². The van der Waals surface area contributed by atoms with Crippen LogP contribution in [0.25, 0.3) is 0 Å². The number of carbonyl (C=O) groups is 2. The zero-order valence-electron chi connectivity index (χ0n) is 15.3. The van der Waals surface area contributed by atoms with E-state index < -0.39 is 18.0 Å². The van der Waals surface area contributed by atoms with Crippen LogP contribution in [0.15, 0.2) is 72.8 Å². The van der Waals surface area contributed by atoms with Gasteiger partial charge in [-0.15, -0.1) is 0 Å². The van der Waals surface area contributed by atoms with Gasteiger partial charge in [0.05, 0.1) is 11.1 Å². The Hall–Kier alpha value is -3.40. The largest absolute Gasteiger partial charge is 0.478 e. The lowest BCUT2D eigenvalue weighted by molar-refractivity contribution is 0.0292. The predicted octanol–water partition coefficient (Wildman–Crippen LogP) is 4.62. The van der Waals surface area contributed by atoms with Crippen molar-refractivity contribution < 1.29 is 19.4 Å². The van der Waals surface area contributed by atoms with Crippen LogP contribution in [-0.2, 0) is 24.0 Å². The molecule has 28 heavy (non-hydrogen) atoms. The molecule has 0 radical (unpaired) electrons. The zero-order valence-corrected chi connectivity index (χ0v) is 15.3. The maximum Gasteiger partial charge on any atom is 0.339 e. The van der Waals surface area contributed by atoms with Crippen LogP contribution in [0.4, 0.5) is 0 Å². The maximum atomic E-state index is 12.8. The molecule has 7 rings (SSSR count). The second kappa shape index (κ2) is 7.69. The van der Waals surface area contributed by atoms with E-state index in [0.717, 1.165) is 24.0 Å². The van der Waals surface area contributed by atoms with Gasteiger partial charge in [0.2, 0.25) is 0 Å². The number of ether oxygens (including phenoxy) is 1. The molecule has 0 fully saturated rings. The first-order valence-corrected chi connectivity index (χ1v) is 9.30. The molecule has 1 atom stereocenters. The Morgan fingerprint density at radius 3 is 1.89 bits per heavy atom. The van der Waals surface area contributed by atoms with E-state index in [1.54, 1.807) is 12.1 Å². The van der Waals surface area contributed by atoms with Gasteiger partial charge >= 0.3 is 11.9 Å². The smallest absolute Gasteiger partial charge is 0.339 e. The summed E-state index contributed by atoms with van der Waals surface area (Å²) in [6.07, 6.45) is 1.98. The molecule has 4 heteroatoms. The molecule has 4 aliphatic rings. The molecule has 0 saturated heterocycles. The fourth-order valence-electron chi connectivity index (χ4n) is 3.51. The SMILES string of the molecule is O=C(O)c1ccccc1C(=O)O[C@H]1Cc2ccc(cc2)CCc2ccc1cc2. The molecule has 0 saturated carbocycles. The zero-order chi connectivity index (χ0) is 19.5. The van der Waals surface area contributed by atoms with Crippen LogP contribution in [0.2, 0.25) is 0 Å². The van der Waals surface area contributed by atoms with Crippen LogP contribution in [0.1, 0.15) is 49.1 Å². The van der Waals surface area contributed by atoms with Gasteiger partial charge in [-0.25, -0.2) is 9.59 Å². The quantitative estimate of drug-likeness (QED) is 0.681. The Balaban J connectivity index is 1.67. The number of hydrogen-bond donors (Lipinski definition) is 1. The minimum absolute atomic E-state index is 0.0552. The highest BCUT2D eigenvalue weighted by molar-refractivity contribution is 6.02. The third-order valence-electron chi connectivity index (χ3n) is 5.12. The number of aromatic carboxylic acids is 1. The lowest BCUT2D eigenvalue weighted by Crippen LogP contribution is -2.17. The van der Waals surface area contributed by atoms with Crippen molar-refractivity contribution in [1.82, 2.24) is 0 Å². The highest BCUT2D eigenvalue weighted by atomic mass is 16.5. The molecule has 4 nitrogen and oxygen atoms in total. The third-order valence-corrected chi connectivity index (χ3v) is 5.12. The van der Waals surface area contributed by atoms with E-state index in [9.17, 15) is 14.7 Å². The van der Waals surface area contributed by atoms with E-state index in [4.69, 9.17) is 4.74 Å². The van der Waals surface area contributed by atoms with E-state index in [1.807, 2.05) is 12.1 Å². The van der Waals surface area contributed by atoms with Gasteiger partial charge in [-0.2, -0.15) is 0 Å². The normalized spacial score (nSPS) is 15.5. The van der Waals surface area contributed by atoms with Gasteiger partial charge in [-0.05, 0) is 47.2 Å². The Kier molecular flexibility index (Phi) is 4.94. The van der Waals surface area contributed by atoms with Gasteiger partial charge in [0.25, 0.3) is 0 Å². The standard InChI is InChI=1S/C24H20O4/c25-23(26)20-3-1-2-4-21(20)24(27)28-22-15-18-9-7-16(8-10-18)5-6-17-11-13-19(22)14-12-17/h1-4,7-14,22H,5-6,15H2,(H,25,26)/t22-/m0/s1. The number of hydrogen-bond acceptors (Lipinski definition) is 3. The summed E-state index contributed by atoms with van der Waals surface area (Å²) in [6.45, 7) is 0. The molecular formula is C24H20O4. The molecule has 4 bridgehead atoms. The van der Waals surface area contributed by atoms with Crippen molar-refractivity contribution in [3.63, 3.8) is 0 Å². The molecule has 0 unspecified atom stereocenters. The maximum absolute atomic E-state index is 12.8. The Morgan fingerprint density at radius 2 is 1.29 bits per heavy atom. The number of rotatable bonds is 3. The first-order valence-electron chi connectivity index (χ1n) is 9.30. The number of carboxylic acids is 1. The summed E-state index contributed by atoms with van der Waals surface area (Å²) in [5.74, 6) is -1.78. The van der Waals surface area contributed by atoms with Gasteiger partial charge in [0, 0.05) is 6.42 Å². The fraction of sp³-hybridized carbons (Fsp3) is 0.167. The van der Waals surface area contributed by atoms with E-state index in [-0.39, 0.29) is 11.1 Å². The summed E-state index contributed by atoms with van der Waals surface area (Å²) in [4.78, 5) is 24.2. The topological polar surface area (TPSA) is 63.6 Å². The molecule has 0 aromatic heterocycles. The minimum atomic E-state index is -1.15. The molecule has 3 aromatic carbocycles. The molecule has 0 aliphatic heterocycles. The first-order chi connectivity index (χ1) is 13.6. The van der Waals surface area contributed by atoms with Crippen LogP contribution in [0, 0.1) is 0 Å². The number of esters is 1. The molecule has 0 heterocycles. The second-order valence-electron chi connectivity index (χ2n) is 7.01.